The molecule has 1 amide bonds. The second kappa shape index (κ2) is 7.63. The number of aromatic nitrogens is 3. The first-order valence-electron chi connectivity index (χ1n) is 10.6. The Kier molecular flexibility index (Phi) is 4.81. The Bertz CT molecular complexity index is 1070. The highest BCUT2D eigenvalue weighted by Crippen LogP contribution is 2.33. The van der Waals surface area contributed by atoms with E-state index in [0.29, 0.717) is 11.6 Å². The van der Waals surface area contributed by atoms with Gasteiger partial charge in [0.25, 0.3) is 5.91 Å². The summed E-state index contributed by atoms with van der Waals surface area (Å²) in [7, 11) is 1.66. The van der Waals surface area contributed by atoms with Crippen molar-refractivity contribution in [3.05, 3.63) is 58.7 Å². The Morgan fingerprint density at radius 2 is 2.07 bits per heavy atom. The molecule has 2 unspecified atom stereocenters. The van der Waals surface area contributed by atoms with Gasteiger partial charge >= 0.3 is 0 Å². The maximum absolute atomic E-state index is 13.0. The average Bonchev–Trinajstić information content (AvgIpc) is 3.38. The van der Waals surface area contributed by atoms with Crippen molar-refractivity contribution in [2.75, 3.05) is 7.11 Å². The zero-order valence-corrected chi connectivity index (χ0v) is 17.4. The lowest BCUT2D eigenvalue weighted by atomic mass is 9.88. The fourth-order valence-electron chi connectivity index (χ4n) is 4.64. The Labute approximate surface area is 175 Å². The van der Waals surface area contributed by atoms with Crippen molar-refractivity contribution >= 4 is 5.91 Å². The molecule has 0 spiro atoms. The number of benzene rings is 1. The number of hydrogen-bond donors (Lipinski definition) is 1. The fourth-order valence-corrected chi connectivity index (χ4v) is 4.64. The molecule has 2 aliphatic carbocycles. The van der Waals surface area contributed by atoms with E-state index in [1.807, 2.05) is 35.1 Å². The van der Waals surface area contributed by atoms with E-state index >= 15 is 0 Å². The molecule has 7 nitrogen and oxygen atoms in total. The van der Waals surface area contributed by atoms with Crippen LogP contribution in [0.2, 0.25) is 0 Å². The maximum atomic E-state index is 13.0. The van der Waals surface area contributed by atoms with E-state index in [9.17, 15) is 4.79 Å². The molecule has 2 atom stereocenters. The molecule has 2 aromatic heterocycles. The lowest BCUT2D eigenvalue weighted by Crippen LogP contribution is -2.32. The van der Waals surface area contributed by atoms with Crippen LogP contribution in [-0.4, -0.2) is 28.0 Å². The summed E-state index contributed by atoms with van der Waals surface area (Å²) in [4.78, 5) is 13.0. The van der Waals surface area contributed by atoms with E-state index in [4.69, 9.17) is 9.26 Å². The predicted molar refractivity (Wildman–Crippen MR) is 111 cm³/mol. The SMILES string of the molecule is COc1ccc(-n2ncc3c2CCCC3NC(=O)c2noc3c2CC(C)CC3)cc1. The second-order valence-corrected chi connectivity index (χ2v) is 8.36. The topological polar surface area (TPSA) is 82.2 Å². The summed E-state index contributed by atoms with van der Waals surface area (Å²) in [5.74, 6) is 2.08. The predicted octanol–water partition coefficient (Wildman–Crippen LogP) is 3.80. The van der Waals surface area contributed by atoms with Crippen molar-refractivity contribution in [3.63, 3.8) is 0 Å². The molecule has 3 aromatic rings. The lowest BCUT2D eigenvalue weighted by molar-refractivity contribution is 0.0922. The van der Waals surface area contributed by atoms with Crippen LogP contribution in [0.1, 0.15) is 65.3 Å². The van der Waals surface area contributed by atoms with Crippen LogP contribution in [0, 0.1) is 5.92 Å². The van der Waals surface area contributed by atoms with E-state index in [-0.39, 0.29) is 11.9 Å². The first kappa shape index (κ1) is 18.9. The molecule has 0 bridgehead atoms. The van der Waals surface area contributed by atoms with Gasteiger partial charge in [0.05, 0.1) is 25.0 Å². The number of aryl methyl sites for hydroxylation is 1. The Hall–Kier alpha value is -3.09. The number of carbonyl (C=O) groups is 1. The minimum Gasteiger partial charge on any atom is -0.497 e. The zero-order valence-electron chi connectivity index (χ0n) is 17.4. The molecule has 0 fully saturated rings. The van der Waals surface area contributed by atoms with Crippen LogP contribution < -0.4 is 10.1 Å². The van der Waals surface area contributed by atoms with Crippen molar-refractivity contribution in [3.8, 4) is 11.4 Å². The van der Waals surface area contributed by atoms with Crippen LogP contribution in [-0.2, 0) is 19.3 Å². The molecule has 0 saturated heterocycles. The summed E-state index contributed by atoms with van der Waals surface area (Å²) < 4.78 is 12.7. The molecule has 2 aliphatic rings. The molecule has 156 valence electrons. The van der Waals surface area contributed by atoms with E-state index < -0.39 is 0 Å². The third-order valence-electron chi connectivity index (χ3n) is 6.31. The van der Waals surface area contributed by atoms with Crippen LogP contribution in [0.4, 0.5) is 0 Å². The van der Waals surface area contributed by atoms with Gasteiger partial charge in [-0.2, -0.15) is 5.10 Å². The van der Waals surface area contributed by atoms with Crippen molar-refractivity contribution in [2.24, 2.45) is 5.92 Å². The van der Waals surface area contributed by atoms with Gasteiger partial charge in [0.2, 0.25) is 0 Å². The minimum atomic E-state index is -0.149. The summed E-state index contributed by atoms with van der Waals surface area (Å²) in [6.45, 7) is 2.21. The summed E-state index contributed by atoms with van der Waals surface area (Å²) in [6, 6.07) is 7.79. The van der Waals surface area contributed by atoms with Gasteiger partial charge in [-0.3, -0.25) is 4.79 Å². The third kappa shape index (κ3) is 3.28. The van der Waals surface area contributed by atoms with Gasteiger partial charge < -0.3 is 14.6 Å². The Morgan fingerprint density at radius 3 is 2.87 bits per heavy atom. The summed E-state index contributed by atoms with van der Waals surface area (Å²) in [6.07, 6.45) is 7.50. The van der Waals surface area contributed by atoms with Crippen LogP contribution in [0.5, 0.6) is 5.75 Å². The maximum Gasteiger partial charge on any atom is 0.274 e. The van der Waals surface area contributed by atoms with E-state index in [1.54, 1.807) is 7.11 Å². The van der Waals surface area contributed by atoms with Crippen molar-refractivity contribution in [1.82, 2.24) is 20.3 Å². The largest absolute Gasteiger partial charge is 0.497 e. The van der Waals surface area contributed by atoms with Gasteiger partial charge in [-0.05, 0) is 62.3 Å². The minimum absolute atomic E-state index is 0.0680. The molecule has 5 rings (SSSR count). The number of hydrogen-bond acceptors (Lipinski definition) is 5. The standard InChI is InChI=1S/C23H26N4O3/c1-14-6-11-21-17(12-14)22(26-30-21)23(28)25-19-4-3-5-20-18(19)13-24-27(20)15-7-9-16(29-2)10-8-15/h7-10,13-14,19H,3-6,11-12H2,1-2H3,(H,25,28). The number of rotatable bonds is 4. The number of fused-ring (bicyclic) bond motifs is 2. The fraction of sp³-hybridized carbons (Fsp3) is 0.435. The van der Waals surface area contributed by atoms with Gasteiger partial charge in [0.15, 0.2) is 5.69 Å². The number of amides is 1. The smallest absolute Gasteiger partial charge is 0.274 e. The van der Waals surface area contributed by atoms with Crippen LogP contribution in [0.25, 0.3) is 5.69 Å². The van der Waals surface area contributed by atoms with Gasteiger partial charge in [-0.25, -0.2) is 4.68 Å². The van der Waals surface area contributed by atoms with Crippen molar-refractivity contribution in [1.29, 1.82) is 0 Å². The summed E-state index contributed by atoms with van der Waals surface area (Å²) in [5, 5.41) is 11.9. The molecule has 0 saturated carbocycles. The van der Waals surface area contributed by atoms with Gasteiger partial charge in [0, 0.05) is 23.2 Å². The normalized spacial score (nSPS) is 20.3. The molecular formula is C23H26N4O3. The molecule has 1 aromatic carbocycles. The quantitative estimate of drug-likeness (QED) is 0.713. The number of nitrogens with zero attached hydrogens (tertiary/aromatic N) is 3. The van der Waals surface area contributed by atoms with Crippen LogP contribution in [0.3, 0.4) is 0 Å². The highest BCUT2D eigenvalue weighted by Gasteiger charge is 2.30. The highest BCUT2D eigenvalue weighted by molar-refractivity contribution is 5.94. The van der Waals surface area contributed by atoms with Gasteiger partial charge in [-0.1, -0.05) is 12.1 Å². The first-order chi connectivity index (χ1) is 14.6. The van der Waals surface area contributed by atoms with E-state index in [0.717, 1.165) is 72.5 Å². The molecule has 0 radical (unpaired) electrons. The molecule has 2 heterocycles. The Balaban J connectivity index is 1.39. The van der Waals surface area contributed by atoms with Crippen LogP contribution >= 0.6 is 0 Å². The molecule has 7 heteroatoms. The molecule has 30 heavy (non-hydrogen) atoms. The van der Waals surface area contributed by atoms with Crippen molar-refractivity contribution < 1.29 is 14.1 Å². The van der Waals surface area contributed by atoms with E-state index in [2.05, 4.69) is 22.5 Å². The van der Waals surface area contributed by atoms with Crippen LogP contribution in [0.15, 0.2) is 35.0 Å². The number of nitrogens with one attached hydrogen (secondary N) is 1. The zero-order chi connectivity index (χ0) is 20.7. The van der Waals surface area contributed by atoms with E-state index in [1.165, 1.54) is 0 Å². The van der Waals surface area contributed by atoms with Gasteiger partial charge in [-0.15, -0.1) is 0 Å². The highest BCUT2D eigenvalue weighted by atomic mass is 16.5. The Morgan fingerprint density at radius 1 is 1.23 bits per heavy atom. The van der Waals surface area contributed by atoms with Crippen molar-refractivity contribution in [2.45, 2.75) is 51.5 Å². The molecular weight excluding hydrogens is 380 g/mol. The number of carbonyl (C=O) groups excluding carboxylic acids is 1. The summed E-state index contributed by atoms with van der Waals surface area (Å²) >= 11 is 0. The average molecular weight is 406 g/mol. The lowest BCUT2D eigenvalue weighted by Gasteiger charge is -2.24. The third-order valence-corrected chi connectivity index (χ3v) is 6.31. The first-order valence-corrected chi connectivity index (χ1v) is 10.6. The second-order valence-electron chi connectivity index (χ2n) is 8.36. The monoisotopic (exact) mass is 406 g/mol. The number of ether oxygens (including phenoxy) is 1. The number of methoxy groups -OCH3 is 1. The molecule has 0 aliphatic heterocycles. The van der Waals surface area contributed by atoms with Gasteiger partial charge in [0.1, 0.15) is 11.5 Å². The summed E-state index contributed by atoms with van der Waals surface area (Å²) in [5.41, 5.74) is 4.65. The molecule has 1 N–H and O–H groups in total.